The molecule has 0 fully saturated rings. The van der Waals surface area contributed by atoms with Gasteiger partial charge >= 0.3 is 0 Å². The predicted octanol–water partition coefficient (Wildman–Crippen LogP) is 6.94. The average Bonchev–Trinajstić information content (AvgIpc) is 3.29. The molecule has 1 atom stereocenters. The number of hydrogen-bond acceptors (Lipinski definition) is 7. The van der Waals surface area contributed by atoms with Gasteiger partial charge in [0.25, 0.3) is 5.91 Å². The molecule has 1 aliphatic carbocycles. The molecule has 0 bridgehead atoms. The zero-order chi connectivity index (χ0) is 27.4. The van der Waals surface area contributed by atoms with Crippen molar-refractivity contribution in [1.29, 1.82) is 0 Å². The molecule has 2 aromatic carbocycles. The van der Waals surface area contributed by atoms with Gasteiger partial charge in [-0.2, -0.15) is 0 Å². The highest BCUT2D eigenvalue weighted by atomic mass is 32.1. The van der Waals surface area contributed by atoms with Gasteiger partial charge in [0.1, 0.15) is 16.5 Å². The van der Waals surface area contributed by atoms with Gasteiger partial charge < -0.3 is 24.3 Å². The molecular weight excluding hydrogens is 500 g/mol. The van der Waals surface area contributed by atoms with Crippen LogP contribution in [-0.4, -0.2) is 40.6 Å². The Kier molecular flexibility index (Phi) is 8.31. The number of rotatable bonds is 8. The Morgan fingerprint density at radius 2 is 1.63 bits per heavy atom. The van der Waals surface area contributed by atoms with E-state index < -0.39 is 0 Å². The summed E-state index contributed by atoms with van der Waals surface area (Å²) in [5.74, 6) is 2.87. The van der Waals surface area contributed by atoms with E-state index in [4.69, 9.17) is 23.9 Å². The van der Waals surface area contributed by atoms with E-state index in [9.17, 15) is 4.79 Å². The molecule has 3 aromatic rings. The number of aliphatic imine (C=N–C) groups is 1. The summed E-state index contributed by atoms with van der Waals surface area (Å²) in [4.78, 5) is 19.7. The minimum absolute atomic E-state index is 0.159. The SMILES string of the molecule is COc1ccc(NC(=O)c2c(/N=C/c3cc(OC)c(OC)cc3OC)sc3c2CCC(C(C)(C)C)C3)cc1. The van der Waals surface area contributed by atoms with Gasteiger partial charge in [0.05, 0.1) is 34.0 Å². The second kappa shape index (κ2) is 11.5. The van der Waals surface area contributed by atoms with E-state index in [0.717, 1.165) is 36.1 Å². The molecule has 7 nitrogen and oxygen atoms in total. The van der Waals surface area contributed by atoms with Gasteiger partial charge in [-0.15, -0.1) is 11.3 Å². The van der Waals surface area contributed by atoms with Crippen LogP contribution in [0.5, 0.6) is 23.0 Å². The first-order valence-corrected chi connectivity index (χ1v) is 13.4. The van der Waals surface area contributed by atoms with Crippen molar-refractivity contribution in [2.45, 2.75) is 40.0 Å². The van der Waals surface area contributed by atoms with Gasteiger partial charge in [-0.05, 0) is 66.5 Å². The largest absolute Gasteiger partial charge is 0.497 e. The van der Waals surface area contributed by atoms with Crippen LogP contribution in [0.3, 0.4) is 0 Å². The molecule has 202 valence electrons. The Bertz CT molecular complexity index is 1320. The summed E-state index contributed by atoms with van der Waals surface area (Å²) in [6.45, 7) is 6.86. The maximum atomic E-state index is 13.6. The van der Waals surface area contributed by atoms with Crippen LogP contribution in [0, 0.1) is 11.3 Å². The third kappa shape index (κ3) is 5.80. The lowest BCUT2D eigenvalue weighted by Gasteiger charge is -2.33. The number of fused-ring (bicyclic) bond motifs is 1. The Morgan fingerprint density at radius 3 is 2.24 bits per heavy atom. The fourth-order valence-corrected chi connectivity index (χ4v) is 6.05. The Labute approximate surface area is 228 Å². The van der Waals surface area contributed by atoms with Crippen LogP contribution in [0.1, 0.15) is 53.6 Å². The summed E-state index contributed by atoms with van der Waals surface area (Å²) in [6.07, 6.45) is 4.57. The molecule has 0 spiro atoms. The number of carbonyl (C=O) groups is 1. The lowest BCUT2D eigenvalue weighted by Crippen LogP contribution is -2.27. The number of benzene rings is 2. The van der Waals surface area contributed by atoms with Crippen molar-refractivity contribution in [3.63, 3.8) is 0 Å². The van der Waals surface area contributed by atoms with Gasteiger partial charge in [0.15, 0.2) is 11.5 Å². The van der Waals surface area contributed by atoms with E-state index in [2.05, 4.69) is 26.1 Å². The van der Waals surface area contributed by atoms with E-state index >= 15 is 0 Å². The van der Waals surface area contributed by atoms with Crippen molar-refractivity contribution in [1.82, 2.24) is 0 Å². The van der Waals surface area contributed by atoms with Crippen molar-refractivity contribution in [3.8, 4) is 23.0 Å². The molecule has 1 aliphatic rings. The maximum Gasteiger partial charge on any atom is 0.259 e. The number of nitrogens with one attached hydrogen (secondary N) is 1. The summed E-state index contributed by atoms with van der Waals surface area (Å²) in [5, 5.41) is 3.75. The van der Waals surface area contributed by atoms with Crippen LogP contribution < -0.4 is 24.3 Å². The molecule has 1 heterocycles. The van der Waals surface area contributed by atoms with E-state index in [1.54, 1.807) is 52.1 Å². The smallest absolute Gasteiger partial charge is 0.259 e. The van der Waals surface area contributed by atoms with Crippen LogP contribution >= 0.6 is 11.3 Å². The first kappa shape index (κ1) is 27.5. The molecule has 1 N–H and O–H groups in total. The molecule has 1 unspecified atom stereocenters. The molecular formula is C30H36N2O5S. The number of methoxy groups -OCH3 is 4. The summed E-state index contributed by atoms with van der Waals surface area (Å²) in [5.41, 5.74) is 3.38. The summed E-state index contributed by atoms with van der Waals surface area (Å²) in [7, 11) is 6.39. The monoisotopic (exact) mass is 536 g/mol. The first-order valence-electron chi connectivity index (χ1n) is 12.6. The van der Waals surface area contributed by atoms with E-state index in [-0.39, 0.29) is 11.3 Å². The fraction of sp³-hybridized carbons (Fsp3) is 0.400. The molecule has 38 heavy (non-hydrogen) atoms. The van der Waals surface area contributed by atoms with Crippen molar-refractivity contribution in [2.75, 3.05) is 33.8 Å². The predicted molar refractivity (Wildman–Crippen MR) is 154 cm³/mol. The zero-order valence-electron chi connectivity index (χ0n) is 23.1. The van der Waals surface area contributed by atoms with Crippen LogP contribution in [0.15, 0.2) is 41.4 Å². The summed E-state index contributed by atoms with van der Waals surface area (Å²) >= 11 is 1.60. The topological polar surface area (TPSA) is 78.4 Å². The lowest BCUT2D eigenvalue weighted by molar-refractivity contribution is 0.102. The number of anilines is 1. The molecule has 1 amide bonds. The highest BCUT2D eigenvalue weighted by molar-refractivity contribution is 7.16. The zero-order valence-corrected chi connectivity index (χ0v) is 24.0. The minimum Gasteiger partial charge on any atom is -0.497 e. The molecule has 4 rings (SSSR count). The number of ether oxygens (including phenoxy) is 4. The molecule has 0 saturated carbocycles. The molecule has 8 heteroatoms. The van der Waals surface area contributed by atoms with Crippen molar-refractivity contribution in [3.05, 3.63) is 58.0 Å². The van der Waals surface area contributed by atoms with E-state index in [1.165, 1.54) is 4.88 Å². The first-order chi connectivity index (χ1) is 18.2. The highest BCUT2D eigenvalue weighted by Gasteiger charge is 2.33. The minimum atomic E-state index is -0.159. The van der Waals surface area contributed by atoms with Crippen molar-refractivity contribution >= 4 is 34.1 Å². The number of thiophene rings is 1. The number of nitrogens with zero attached hydrogens (tertiary/aromatic N) is 1. The van der Waals surface area contributed by atoms with E-state index in [1.807, 2.05) is 30.3 Å². The molecule has 1 aromatic heterocycles. The standard InChI is InChI=1S/C30H36N2O5S/c1-30(2,3)19-8-13-22-26(15-19)38-29(27(22)28(33)32-20-9-11-21(34-4)12-10-20)31-17-18-14-24(36-6)25(37-7)16-23(18)35-5/h9-12,14,16-17,19H,8,13,15H2,1-7H3,(H,32,33)/b31-17+. The third-order valence-electron chi connectivity index (χ3n) is 7.10. The normalized spacial score (nSPS) is 15.2. The van der Waals surface area contributed by atoms with Crippen LogP contribution in [-0.2, 0) is 12.8 Å². The third-order valence-corrected chi connectivity index (χ3v) is 8.27. The number of carbonyl (C=O) groups excluding carboxylic acids is 1. The van der Waals surface area contributed by atoms with Gasteiger partial charge in [-0.25, -0.2) is 4.99 Å². The summed E-state index contributed by atoms with van der Waals surface area (Å²) in [6, 6.07) is 10.9. The van der Waals surface area contributed by atoms with Crippen LogP contribution in [0.4, 0.5) is 10.7 Å². The van der Waals surface area contributed by atoms with Crippen LogP contribution in [0.25, 0.3) is 0 Å². The number of amides is 1. The second-order valence-electron chi connectivity index (χ2n) is 10.4. The average molecular weight is 537 g/mol. The van der Waals surface area contributed by atoms with Gasteiger partial charge in [0, 0.05) is 28.4 Å². The molecule has 0 aliphatic heterocycles. The van der Waals surface area contributed by atoms with Crippen molar-refractivity contribution in [2.24, 2.45) is 16.3 Å². The maximum absolute atomic E-state index is 13.6. The Morgan fingerprint density at radius 1 is 0.974 bits per heavy atom. The van der Waals surface area contributed by atoms with Gasteiger partial charge in [-0.3, -0.25) is 4.79 Å². The van der Waals surface area contributed by atoms with Gasteiger partial charge in [-0.1, -0.05) is 20.8 Å². The van der Waals surface area contributed by atoms with Gasteiger partial charge in [0.2, 0.25) is 0 Å². The summed E-state index contributed by atoms with van der Waals surface area (Å²) < 4.78 is 21.7. The quantitative estimate of drug-likeness (QED) is 0.316. The second-order valence-corrected chi connectivity index (χ2v) is 11.5. The Balaban J connectivity index is 1.74. The molecule has 0 saturated heterocycles. The van der Waals surface area contributed by atoms with Crippen LogP contribution in [0.2, 0.25) is 0 Å². The lowest BCUT2D eigenvalue weighted by atomic mass is 9.72. The highest BCUT2D eigenvalue weighted by Crippen LogP contribution is 2.45. The van der Waals surface area contributed by atoms with Crippen molar-refractivity contribution < 1.29 is 23.7 Å². The number of hydrogen-bond donors (Lipinski definition) is 1. The fourth-order valence-electron chi connectivity index (χ4n) is 4.79. The molecule has 0 radical (unpaired) electrons. The van der Waals surface area contributed by atoms with E-state index in [0.29, 0.717) is 39.4 Å². The Hall–Kier alpha value is -3.52.